The molecule has 0 rings (SSSR count). The van der Waals surface area contributed by atoms with Gasteiger partial charge in [-0.25, -0.2) is 4.79 Å². The zero-order valence-corrected chi connectivity index (χ0v) is 15.9. The van der Waals surface area contributed by atoms with Gasteiger partial charge in [0.05, 0.1) is 19.0 Å². The average molecular weight is 387 g/mol. The highest BCUT2D eigenvalue weighted by molar-refractivity contribution is 5.93. The first-order valence-corrected chi connectivity index (χ1v) is 8.50. The minimum absolute atomic E-state index is 0.330. The summed E-state index contributed by atoms with van der Waals surface area (Å²) in [5.74, 6) is -4.65. The molecule has 4 amide bonds. The maximum atomic E-state index is 12.4. The van der Waals surface area contributed by atoms with Crippen LogP contribution in [0.15, 0.2) is 0 Å². The molecule has 0 saturated carbocycles. The molecule has 0 spiro atoms. The second kappa shape index (κ2) is 11.1. The number of carbonyl (C=O) groups is 5. The predicted octanol–water partition coefficient (Wildman–Crippen LogP) is -2.33. The van der Waals surface area contributed by atoms with Gasteiger partial charge in [-0.05, 0) is 11.8 Å². The monoisotopic (exact) mass is 387 g/mol. The van der Waals surface area contributed by atoms with E-state index in [-0.39, 0.29) is 18.3 Å². The highest BCUT2D eigenvalue weighted by Gasteiger charge is 2.30. The molecule has 0 aromatic rings. The second-order valence-corrected chi connectivity index (χ2v) is 6.85. The molecule has 0 radical (unpaired) electrons. The number of aliphatic carboxylic acids is 1. The highest BCUT2D eigenvalue weighted by Crippen LogP contribution is 2.06. The number of carbonyl (C=O) groups excluding carboxylic acids is 4. The van der Waals surface area contributed by atoms with Crippen molar-refractivity contribution in [3.63, 3.8) is 0 Å². The maximum absolute atomic E-state index is 12.4. The Kier molecular flexibility index (Phi) is 10.0. The molecule has 0 aliphatic carbocycles. The lowest BCUT2D eigenvalue weighted by Gasteiger charge is -2.25. The Morgan fingerprint density at radius 1 is 0.889 bits per heavy atom. The van der Waals surface area contributed by atoms with E-state index in [1.807, 2.05) is 0 Å². The second-order valence-electron chi connectivity index (χ2n) is 6.85. The molecular weight excluding hydrogens is 358 g/mol. The summed E-state index contributed by atoms with van der Waals surface area (Å²) >= 11 is 0. The van der Waals surface area contributed by atoms with E-state index in [4.69, 9.17) is 16.6 Å². The van der Waals surface area contributed by atoms with Gasteiger partial charge < -0.3 is 32.5 Å². The zero-order chi connectivity index (χ0) is 21.3. The molecule has 0 fully saturated rings. The first-order valence-electron chi connectivity index (χ1n) is 8.50. The predicted molar refractivity (Wildman–Crippen MR) is 96.0 cm³/mol. The quantitative estimate of drug-likeness (QED) is 0.229. The fourth-order valence-corrected chi connectivity index (χ4v) is 2.12. The molecule has 3 atom stereocenters. The van der Waals surface area contributed by atoms with Gasteiger partial charge in [0.25, 0.3) is 0 Å². The van der Waals surface area contributed by atoms with Gasteiger partial charge >= 0.3 is 5.97 Å². The van der Waals surface area contributed by atoms with Crippen LogP contribution in [0.1, 0.15) is 34.1 Å². The van der Waals surface area contributed by atoms with Gasteiger partial charge in [-0.3, -0.25) is 19.2 Å². The van der Waals surface area contributed by atoms with Gasteiger partial charge in [-0.15, -0.1) is 0 Å². The Hall–Kier alpha value is -2.69. The molecule has 0 aromatic carbocycles. The van der Waals surface area contributed by atoms with Crippen molar-refractivity contribution in [3.05, 3.63) is 0 Å². The fraction of sp³-hybridized carbons (Fsp3) is 0.688. The largest absolute Gasteiger partial charge is 0.480 e. The lowest BCUT2D eigenvalue weighted by Crippen LogP contribution is -2.56. The number of rotatable bonds is 11. The van der Waals surface area contributed by atoms with Crippen molar-refractivity contribution in [2.45, 2.75) is 52.2 Å². The molecular formula is C16H29N5O6. The smallest absolute Gasteiger partial charge is 0.326 e. The van der Waals surface area contributed by atoms with Gasteiger partial charge in [-0.1, -0.05) is 27.7 Å². The van der Waals surface area contributed by atoms with Gasteiger partial charge in [0.1, 0.15) is 12.1 Å². The number of nitrogens with one attached hydrogen (secondary N) is 3. The molecule has 154 valence electrons. The van der Waals surface area contributed by atoms with Gasteiger partial charge in [-0.2, -0.15) is 0 Å². The van der Waals surface area contributed by atoms with E-state index < -0.39 is 54.3 Å². The summed E-state index contributed by atoms with van der Waals surface area (Å²) in [6.45, 7) is 6.18. The third-order valence-electron chi connectivity index (χ3n) is 3.68. The van der Waals surface area contributed by atoms with Crippen LogP contribution in [0.3, 0.4) is 0 Å². The molecule has 0 heterocycles. The van der Waals surface area contributed by atoms with Crippen molar-refractivity contribution < 1.29 is 29.1 Å². The summed E-state index contributed by atoms with van der Waals surface area (Å²) in [4.78, 5) is 58.0. The summed E-state index contributed by atoms with van der Waals surface area (Å²) in [6.07, 6.45) is -0.365. The summed E-state index contributed by atoms with van der Waals surface area (Å²) in [5, 5.41) is 16.2. The summed E-state index contributed by atoms with van der Waals surface area (Å²) in [6, 6.07) is -3.27. The summed E-state index contributed by atoms with van der Waals surface area (Å²) < 4.78 is 0. The molecule has 0 aliphatic heterocycles. The van der Waals surface area contributed by atoms with Crippen LogP contribution >= 0.6 is 0 Å². The molecule has 0 aliphatic rings. The lowest BCUT2D eigenvalue weighted by atomic mass is 10.0. The number of hydrogen-bond donors (Lipinski definition) is 6. The first-order chi connectivity index (χ1) is 12.4. The molecule has 0 bridgehead atoms. The van der Waals surface area contributed by atoms with Crippen molar-refractivity contribution in [3.8, 4) is 0 Å². The number of carboxylic acid groups (broad SMARTS) is 1. The number of amides is 4. The standard InChI is InChI=1S/C16H29N5O6/c1-7(2)12(15(25)21-13(8(3)4)16(26)27)20-11(23)6-19-14(24)9(17)5-10(18)22/h7-9,12-13H,5-6,17H2,1-4H3,(H2,18,22)(H,19,24)(H,20,23)(H,21,25)(H,26,27). The fourth-order valence-electron chi connectivity index (χ4n) is 2.12. The van der Waals surface area contributed by atoms with Crippen molar-refractivity contribution in [1.29, 1.82) is 0 Å². The van der Waals surface area contributed by atoms with Gasteiger partial charge in [0.15, 0.2) is 0 Å². The zero-order valence-electron chi connectivity index (χ0n) is 15.9. The Morgan fingerprint density at radius 2 is 1.41 bits per heavy atom. The minimum Gasteiger partial charge on any atom is -0.480 e. The van der Waals surface area contributed by atoms with E-state index in [2.05, 4.69) is 16.0 Å². The number of primary amides is 1. The van der Waals surface area contributed by atoms with Crippen LogP contribution in [0.2, 0.25) is 0 Å². The highest BCUT2D eigenvalue weighted by atomic mass is 16.4. The maximum Gasteiger partial charge on any atom is 0.326 e. The van der Waals surface area contributed by atoms with Crippen LogP contribution in [0.25, 0.3) is 0 Å². The van der Waals surface area contributed by atoms with E-state index in [1.165, 1.54) is 0 Å². The minimum atomic E-state index is -1.18. The van der Waals surface area contributed by atoms with Crippen LogP contribution < -0.4 is 27.4 Å². The van der Waals surface area contributed by atoms with E-state index in [9.17, 15) is 24.0 Å². The van der Waals surface area contributed by atoms with Crippen molar-refractivity contribution in [1.82, 2.24) is 16.0 Å². The first kappa shape index (κ1) is 24.3. The summed E-state index contributed by atoms with van der Waals surface area (Å²) in [5.41, 5.74) is 10.4. The van der Waals surface area contributed by atoms with E-state index in [0.717, 1.165) is 0 Å². The Labute approximate surface area is 157 Å². The van der Waals surface area contributed by atoms with Gasteiger partial charge in [0, 0.05) is 0 Å². The lowest BCUT2D eigenvalue weighted by molar-refractivity contribution is -0.143. The molecule has 11 heteroatoms. The number of nitrogens with two attached hydrogens (primary N) is 2. The van der Waals surface area contributed by atoms with E-state index in [1.54, 1.807) is 27.7 Å². The normalized spacial score (nSPS) is 14.2. The SMILES string of the molecule is CC(C)C(NC(=O)C(NC(=O)CNC(=O)C(N)CC(N)=O)C(C)C)C(=O)O. The van der Waals surface area contributed by atoms with Crippen LogP contribution in [-0.4, -0.2) is 59.4 Å². The topological polar surface area (TPSA) is 194 Å². The molecule has 0 saturated heterocycles. The van der Waals surface area contributed by atoms with Crippen molar-refractivity contribution >= 4 is 29.6 Å². The number of carboxylic acids is 1. The Morgan fingerprint density at radius 3 is 1.81 bits per heavy atom. The number of hydrogen-bond acceptors (Lipinski definition) is 6. The molecule has 11 nitrogen and oxygen atoms in total. The molecule has 0 aromatic heterocycles. The molecule has 3 unspecified atom stereocenters. The van der Waals surface area contributed by atoms with Crippen molar-refractivity contribution in [2.75, 3.05) is 6.54 Å². The van der Waals surface area contributed by atoms with Crippen LogP contribution in [0.5, 0.6) is 0 Å². The average Bonchev–Trinajstić information content (AvgIpc) is 2.53. The van der Waals surface area contributed by atoms with E-state index >= 15 is 0 Å². The van der Waals surface area contributed by atoms with Crippen LogP contribution in [0.4, 0.5) is 0 Å². The Balaban J connectivity index is 4.79. The Bertz CT molecular complexity index is 578. The third kappa shape index (κ3) is 8.99. The van der Waals surface area contributed by atoms with Gasteiger partial charge in [0.2, 0.25) is 23.6 Å². The van der Waals surface area contributed by atoms with Crippen molar-refractivity contribution in [2.24, 2.45) is 23.3 Å². The van der Waals surface area contributed by atoms with E-state index in [0.29, 0.717) is 0 Å². The third-order valence-corrected chi connectivity index (χ3v) is 3.68. The van der Waals surface area contributed by atoms with Crippen LogP contribution in [-0.2, 0) is 24.0 Å². The molecule has 8 N–H and O–H groups in total. The molecule has 27 heavy (non-hydrogen) atoms. The summed E-state index contributed by atoms with van der Waals surface area (Å²) in [7, 11) is 0. The van der Waals surface area contributed by atoms with Crippen LogP contribution in [0, 0.1) is 11.8 Å².